The monoisotopic (exact) mass is 248 g/mol. The van der Waals surface area contributed by atoms with E-state index in [1.54, 1.807) is 0 Å². The van der Waals surface area contributed by atoms with Crippen LogP contribution in [-0.2, 0) is 0 Å². The Labute approximate surface area is 102 Å². The van der Waals surface area contributed by atoms with Crippen molar-refractivity contribution in [2.24, 2.45) is 0 Å². The SMILES string of the molecule is N#Cc1ccc(Nc2cc(Cl)ncn2)c(F)c1. The first-order valence-electron chi connectivity index (χ1n) is 4.63. The molecule has 4 nitrogen and oxygen atoms in total. The van der Waals surface area contributed by atoms with Gasteiger partial charge in [-0.25, -0.2) is 14.4 Å². The van der Waals surface area contributed by atoms with Crippen molar-refractivity contribution in [3.8, 4) is 6.07 Å². The molecule has 0 radical (unpaired) electrons. The number of nitrogens with one attached hydrogen (secondary N) is 1. The summed E-state index contributed by atoms with van der Waals surface area (Å²) in [6.07, 6.45) is 1.27. The lowest BCUT2D eigenvalue weighted by Crippen LogP contribution is -1.97. The lowest BCUT2D eigenvalue weighted by Gasteiger charge is -2.06. The van der Waals surface area contributed by atoms with Gasteiger partial charge in [0.25, 0.3) is 0 Å². The zero-order valence-corrected chi connectivity index (χ0v) is 9.24. The lowest BCUT2D eigenvalue weighted by molar-refractivity contribution is 0.631. The summed E-state index contributed by atoms with van der Waals surface area (Å²) in [5.41, 5.74) is 0.479. The molecule has 0 unspecified atom stereocenters. The minimum absolute atomic E-state index is 0.221. The summed E-state index contributed by atoms with van der Waals surface area (Å²) in [6, 6.07) is 7.44. The normalized spacial score (nSPS) is 9.71. The Morgan fingerprint density at radius 3 is 2.76 bits per heavy atom. The minimum atomic E-state index is -0.529. The Morgan fingerprint density at radius 2 is 2.12 bits per heavy atom. The van der Waals surface area contributed by atoms with Gasteiger partial charge in [0.1, 0.15) is 23.1 Å². The third kappa shape index (κ3) is 2.68. The van der Waals surface area contributed by atoms with Crippen molar-refractivity contribution in [1.82, 2.24) is 9.97 Å². The summed E-state index contributed by atoms with van der Waals surface area (Å²) in [4.78, 5) is 7.59. The maximum Gasteiger partial charge on any atom is 0.147 e. The van der Waals surface area contributed by atoms with Crippen molar-refractivity contribution in [3.05, 3.63) is 47.1 Å². The van der Waals surface area contributed by atoms with Crippen molar-refractivity contribution in [2.75, 3.05) is 5.32 Å². The fraction of sp³-hybridized carbons (Fsp3) is 0. The minimum Gasteiger partial charge on any atom is -0.338 e. The van der Waals surface area contributed by atoms with Gasteiger partial charge >= 0.3 is 0 Å². The molecule has 2 aromatic rings. The van der Waals surface area contributed by atoms with Crippen LogP contribution < -0.4 is 5.32 Å². The van der Waals surface area contributed by atoms with Crippen LogP contribution in [0.5, 0.6) is 0 Å². The van der Waals surface area contributed by atoms with E-state index in [1.165, 1.54) is 24.5 Å². The van der Waals surface area contributed by atoms with Gasteiger partial charge < -0.3 is 5.32 Å². The number of nitrogens with zero attached hydrogens (tertiary/aromatic N) is 3. The molecule has 0 fully saturated rings. The standard InChI is InChI=1S/C11H6ClFN4/c12-10-4-11(16-6-15-10)17-9-2-1-7(5-14)3-8(9)13/h1-4,6H,(H,15,16,17). The van der Waals surface area contributed by atoms with Gasteiger partial charge in [0, 0.05) is 6.07 Å². The summed E-state index contributed by atoms with van der Waals surface area (Å²) < 4.78 is 13.5. The number of rotatable bonds is 2. The topological polar surface area (TPSA) is 61.6 Å². The van der Waals surface area contributed by atoms with Crippen molar-refractivity contribution < 1.29 is 4.39 Å². The maximum atomic E-state index is 13.5. The van der Waals surface area contributed by atoms with E-state index < -0.39 is 5.82 Å². The van der Waals surface area contributed by atoms with Gasteiger partial charge in [-0.1, -0.05) is 11.6 Å². The first kappa shape index (κ1) is 11.3. The maximum absolute atomic E-state index is 13.5. The van der Waals surface area contributed by atoms with Crippen molar-refractivity contribution in [2.45, 2.75) is 0 Å². The van der Waals surface area contributed by atoms with Gasteiger partial charge in [-0.2, -0.15) is 5.26 Å². The second kappa shape index (κ2) is 4.76. The molecule has 0 spiro atoms. The van der Waals surface area contributed by atoms with Gasteiger partial charge in [0.15, 0.2) is 0 Å². The van der Waals surface area contributed by atoms with Crippen molar-refractivity contribution in [3.63, 3.8) is 0 Å². The molecule has 17 heavy (non-hydrogen) atoms. The smallest absolute Gasteiger partial charge is 0.147 e. The third-order valence-corrected chi connectivity index (χ3v) is 2.20. The molecule has 0 atom stereocenters. The first-order chi connectivity index (χ1) is 8.19. The van der Waals surface area contributed by atoms with E-state index in [1.807, 2.05) is 6.07 Å². The van der Waals surface area contributed by atoms with Crippen LogP contribution in [0.2, 0.25) is 5.15 Å². The number of aromatic nitrogens is 2. The summed E-state index contributed by atoms with van der Waals surface area (Å²) >= 11 is 5.67. The van der Waals surface area contributed by atoms with Crippen LogP contribution in [0, 0.1) is 17.1 Å². The van der Waals surface area contributed by atoms with Crippen LogP contribution in [0.15, 0.2) is 30.6 Å². The quantitative estimate of drug-likeness (QED) is 0.830. The fourth-order valence-corrected chi connectivity index (χ4v) is 1.37. The molecule has 0 saturated heterocycles. The van der Waals surface area contributed by atoms with Gasteiger partial charge in [0.05, 0.1) is 17.3 Å². The molecule has 1 aromatic heterocycles. The van der Waals surface area contributed by atoms with Crippen LogP contribution in [0.25, 0.3) is 0 Å². The zero-order valence-electron chi connectivity index (χ0n) is 8.48. The molecule has 1 aromatic carbocycles. The Bertz CT molecular complexity index is 594. The predicted molar refractivity (Wildman–Crippen MR) is 61.4 cm³/mol. The molecule has 1 heterocycles. The second-order valence-electron chi connectivity index (χ2n) is 3.16. The predicted octanol–water partition coefficient (Wildman–Crippen LogP) is 2.88. The molecule has 0 bridgehead atoms. The highest BCUT2D eigenvalue weighted by atomic mass is 35.5. The fourth-order valence-electron chi connectivity index (χ4n) is 1.23. The first-order valence-corrected chi connectivity index (χ1v) is 5.01. The van der Waals surface area contributed by atoms with Crippen molar-refractivity contribution >= 4 is 23.1 Å². The summed E-state index contributed by atoms with van der Waals surface area (Å²) in [7, 11) is 0. The van der Waals surface area contributed by atoms with E-state index in [-0.39, 0.29) is 16.4 Å². The average molecular weight is 249 g/mol. The van der Waals surface area contributed by atoms with Crippen LogP contribution in [0.3, 0.4) is 0 Å². The molecule has 0 aliphatic heterocycles. The van der Waals surface area contributed by atoms with Crippen LogP contribution >= 0.6 is 11.6 Å². The Morgan fingerprint density at radius 1 is 1.29 bits per heavy atom. The number of hydrogen-bond acceptors (Lipinski definition) is 4. The molecular formula is C11H6ClFN4. The largest absolute Gasteiger partial charge is 0.338 e. The number of anilines is 2. The molecule has 1 N–H and O–H groups in total. The second-order valence-corrected chi connectivity index (χ2v) is 3.54. The van der Waals surface area contributed by atoms with E-state index in [2.05, 4.69) is 15.3 Å². The lowest BCUT2D eigenvalue weighted by atomic mass is 10.2. The van der Waals surface area contributed by atoms with Gasteiger partial charge in [-0.3, -0.25) is 0 Å². The molecular weight excluding hydrogens is 243 g/mol. The molecule has 84 valence electrons. The Balaban J connectivity index is 2.28. The number of hydrogen-bond donors (Lipinski definition) is 1. The van der Waals surface area contributed by atoms with Crippen LogP contribution in [-0.4, -0.2) is 9.97 Å². The number of nitriles is 1. The summed E-state index contributed by atoms with van der Waals surface area (Å²) in [6.45, 7) is 0. The van der Waals surface area contributed by atoms with E-state index in [0.717, 1.165) is 6.07 Å². The highest BCUT2D eigenvalue weighted by Gasteiger charge is 2.04. The Kier molecular flexibility index (Phi) is 3.17. The van der Waals surface area contributed by atoms with Crippen LogP contribution in [0.1, 0.15) is 5.56 Å². The Hall–Kier alpha value is -2.19. The summed E-state index contributed by atoms with van der Waals surface area (Å²) in [5, 5.41) is 11.6. The number of benzene rings is 1. The molecule has 2 rings (SSSR count). The molecule has 0 aliphatic rings. The van der Waals surface area contributed by atoms with E-state index >= 15 is 0 Å². The molecule has 0 amide bonds. The molecule has 6 heteroatoms. The van der Waals surface area contributed by atoms with E-state index in [4.69, 9.17) is 16.9 Å². The van der Waals surface area contributed by atoms with Gasteiger partial charge in [-0.15, -0.1) is 0 Å². The van der Waals surface area contributed by atoms with Crippen molar-refractivity contribution in [1.29, 1.82) is 5.26 Å². The highest BCUT2D eigenvalue weighted by molar-refractivity contribution is 6.29. The van der Waals surface area contributed by atoms with E-state index in [9.17, 15) is 4.39 Å². The van der Waals surface area contributed by atoms with E-state index in [0.29, 0.717) is 5.82 Å². The number of halogens is 2. The molecule has 0 aliphatic carbocycles. The third-order valence-electron chi connectivity index (χ3n) is 1.99. The molecule has 0 saturated carbocycles. The van der Waals surface area contributed by atoms with Gasteiger partial charge in [0.2, 0.25) is 0 Å². The average Bonchev–Trinajstić information content (AvgIpc) is 2.32. The highest BCUT2D eigenvalue weighted by Crippen LogP contribution is 2.20. The summed E-state index contributed by atoms with van der Waals surface area (Å²) in [5.74, 6) is -0.146. The van der Waals surface area contributed by atoms with Gasteiger partial charge in [-0.05, 0) is 18.2 Å². The zero-order chi connectivity index (χ0) is 12.3. The van der Waals surface area contributed by atoms with Crippen LogP contribution in [0.4, 0.5) is 15.9 Å².